The van der Waals surface area contributed by atoms with Crippen molar-refractivity contribution in [1.29, 1.82) is 0 Å². The minimum Gasteiger partial charge on any atom is -0.478 e. The molecule has 2 rings (SSSR count). The predicted molar refractivity (Wildman–Crippen MR) is 77.3 cm³/mol. The van der Waals surface area contributed by atoms with Gasteiger partial charge in [-0.15, -0.1) is 0 Å². The molecule has 1 fully saturated rings. The van der Waals surface area contributed by atoms with Crippen molar-refractivity contribution in [3.05, 3.63) is 34.9 Å². The maximum Gasteiger partial charge on any atom is 0.335 e. The molecular weight excluding hydrogens is 256 g/mol. The summed E-state index contributed by atoms with van der Waals surface area (Å²) in [5, 5.41) is 17.3. The topological polar surface area (TPSA) is 74.6 Å². The van der Waals surface area contributed by atoms with Gasteiger partial charge in [-0.2, -0.15) is 0 Å². The van der Waals surface area contributed by atoms with Crippen molar-refractivity contribution < 1.29 is 19.8 Å². The van der Waals surface area contributed by atoms with E-state index in [0.29, 0.717) is 5.56 Å². The molecule has 1 aliphatic rings. The first-order chi connectivity index (χ1) is 9.31. The molecule has 0 radical (unpaired) electrons. The zero-order valence-corrected chi connectivity index (χ0v) is 12.2. The van der Waals surface area contributed by atoms with Gasteiger partial charge < -0.3 is 10.2 Å². The molecule has 0 heterocycles. The van der Waals surface area contributed by atoms with Crippen LogP contribution in [0.1, 0.15) is 59.4 Å². The Morgan fingerprint density at radius 2 is 1.80 bits per heavy atom. The van der Waals surface area contributed by atoms with E-state index in [1.807, 2.05) is 0 Å². The summed E-state index contributed by atoms with van der Waals surface area (Å²) in [7, 11) is 0. The number of carbonyl (C=O) groups is 2. The Balaban J connectivity index is 0.000000240. The Labute approximate surface area is 119 Å². The summed E-state index contributed by atoms with van der Waals surface area (Å²) in [5.41, 5.74) is 0.570. The third-order valence-corrected chi connectivity index (χ3v) is 3.22. The molecule has 2 N–H and O–H groups in total. The molecule has 0 bridgehead atoms. The molecule has 0 aliphatic heterocycles. The van der Waals surface area contributed by atoms with E-state index in [2.05, 4.69) is 13.8 Å². The minimum atomic E-state index is -1.12. The Morgan fingerprint density at radius 1 is 1.20 bits per heavy atom. The molecule has 0 spiro atoms. The van der Waals surface area contributed by atoms with Crippen molar-refractivity contribution in [1.82, 2.24) is 0 Å². The van der Waals surface area contributed by atoms with Crippen LogP contribution < -0.4 is 0 Å². The van der Waals surface area contributed by atoms with Gasteiger partial charge in [0.1, 0.15) is 0 Å². The Hall–Kier alpha value is -1.84. The van der Waals surface area contributed by atoms with Gasteiger partial charge in [-0.3, -0.25) is 0 Å². The van der Waals surface area contributed by atoms with Crippen LogP contribution in [0.25, 0.3) is 0 Å². The van der Waals surface area contributed by atoms with E-state index in [1.54, 1.807) is 6.92 Å². The van der Waals surface area contributed by atoms with Gasteiger partial charge in [-0.05, 0) is 42.9 Å². The summed E-state index contributed by atoms with van der Waals surface area (Å²) in [4.78, 5) is 21.1. The smallest absolute Gasteiger partial charge is 0.335 e. The number of aromatic carboxylic acids is 2. The summed E-state index contributed by atoms with van der Waals surface area (Å²) in [5.74, 6) is -0.171. The van der Waals surface area contributed by atoms with Crippen LogP contribution in [0, 0.1) is 18.8 Å². The number of carboxylic acid groups (broad SMARTS) is 2. The average Bonchev–Trinajstić information content (AvgIpc) is 3.12. The monoisotopic (exact) mass is 278 g/mol. The number of hydrogen-bond donors (Lipinski definition) is 2. The van der Waals surface area contributed by atoms with Gasteiger partial charge in [0.05, 0.1) is 11.1 Å². The molecular formula is C16H22O4. The third kappa shape index (κ3) is 5.43. The lowest BCUT2D eigenvalue weighted by Crippen LogP contribution is -2.03. The van der Waals surface area contributed by atoms with Gasteiger partial charge in [0, 0.05) is 0 Å². The number of carboxylic acids is 2. The number of hydrogen-bond acceptors (Lipinski definition) is 2. The highest BCUT2D eigenvalue weighted by atomic mass is 16.4. The molecule has 20 heavy (non-hydrogen) atoms. The van der Waals surface area contributed by atoms with E-state index in [-0.39, 0.29) is 11.1 Å². The molecule has 0 aromatic heterocycles. The first kappa shape index (κ1) is 16.2. The lowest BCUT2D eigenvalue weighted by molar-refractivity contribution is 0.0695. The van der Waals surface area contributed by atoms with Gasteiger partial charge in [0.2, 0.25) is 0 Å². The summed E-state index contributed by atoms with van der Waals surface area (Å²) in [6, 6.07) is 4.01. The van der Waals surface area contributed by atoms with Gasteiger partial charge in [0.25, 0.3) is 0 Å². The lowest BCUT2D eigenvalue weighted by atomic mass is 10.1. The quantitative estimate of drug-likeness (QED) is 0.877. The Kier molecular flexibility index (Phi) is 5.74. The van der Waals surface area contributed by atoms with Crippen LogP contribution >= 0.6 is 0 Å². The second kappa shape index (κ2) is 7.08. The number of benzene rings is 1. The van der Waals surface area contributed by atoms with E-state index >= 15 is 0 Å². The highest BCUT2D eigenvalue weighted by Crippen LogP contribution is 2.34. The predicted octanol–water partition coefficient (Wildman–Crippen LogP) is 3.83. The second-order valence-corrected chi connectivity index (χ2v) is 5.71. The van der Waals surface area contributed by atoms with E-state index in [1.165, 1.54) is 31.4 Å². The molecule has 1 saturated carbocycles. The van der Waals surface area contributed by atoms with Crippen LogP contribution in [-0.2, 0) is 0 Å². The summed E-state index contributed by atoms with van der Waals surface area (Å²) in [6.45, 7) is 6.23. The van der Waals surface area contributed by atoms with E-state index < -0.39 is 11.9 Å². The Bertz CT molecular complexity index is 487. The standard InChI is InChI=1S/C9H8O4.C7H14/c1-5-2-3-6(8(10)11)4-7(5)9(12)13;1-6(2)5-7-3-4-7/h2-4H,1H3,(H,10,11)(H,12,13);6-7H,3-5H2,1-2H3. The fourth-order valence-electron chi connectivity index (χ4n) is 2.01. The fourth-order valence-corrected chi connectivity index (χ4v) is 2.01. The SMILES string of the molecule is CC(C)CC1CC1.Cc1ccc(C(=O)O)cc1C(=O)O. The molecule has 4 nitrogen and oxygen atoms in total. The van der Waals surface area contributed by atoms with Crippen LogP contribution in [-0.4, -0.2) is 22.2 Å². The van der Waals surface area contributed by atoms with Gasteiger partial charge in [-0.1, -0.05) is 32.8 Å². The maximum absolute atomic E-state index is 10.6. The van der Waals surface area contributed by atoms with Crippen LogP contribution in [0.4, 0.5) is 0 Å². The number of rotatable bonds is 4. The third-order valence-electron chi connectivity index (χ3n) is 3.22. The summed E-state index contributed by atoms with van der Waals surface area (Å²) < 4.78 is 0. The summed E-state index contributed by atoms with van der Waals surface area (Å²) >= 11 is 0. The fraction of sp³-hybridized carbons (Fsp3) is 0.500. The average molecular weight is 278 g/mol. The Morgan fingerprint density at radius 3 is 2.15 bits per heavy atom. The first-order valence-corrected chi connectivity index (χ1v) is 6.88. The highest BCUT2D eigenvalue weighted by Gasteiger charge is 2.21. The molecule has 0 saturated heterocycles. The number of aryl methyl sites for hydroxylation is 1. The van der Waals surface area contributed by atoms with Crippen molar-refractivity contribution >= 4 is 11.9 Å². The minimum absolute atomic E-state index is 0.0111. The van der Waals surface area contributed by atoms with E-state index in [4.69, 9.17) is 10.2 Å². The normalized spacial score (nSPS) is 13.6. The molecule has 1 aliphatic carbocycles. The molecule has 110 valence electrons. The molecule has 1 aromatic rings. The molecule has 4 heteroatoms. The van der Waals surface area contributed by atoms with Crippen LogP contribution in [0.5, 0.6) is 0 Å². The van der Waals surface area contributed by atoms with Crippen molar-refractivity contribution in [3.8, 4) is 0 Å². The van der Waals surface area contributed by atoms with Crippen LogP contribution in [0.2, 0.25) is 0 Å². The zero-order valence-electron chi connectivity index (χ0n) is 12.2. The molecule has 0 amide bonds. The van der Waals surface area contributed by atoms with Gasteiger partial charge >= 0.3 is 11.9 Å². The largest absolute Gasteiger partial charge is 0.478 e. The van der Waals surface area contributed by atoms with Gasteiger partial charge in [0.15, 0.2) is 0 Å². The maximum atomic E-state index is 10.6. The van der Waals surface area contributed by atoms with Crippen molar-refractivity contribution in [2.24, 2.45) is 11.8 Å². The van der Waals surface area contributed by atoms with Crippen LogP contribution in [0.3, 0.4) is 0 Å². The van der Waals surface area contributed by atoms with Crippen molar-refractivity contribution in [3.63, 3.8) is 0 Å². The van der Waals surface area contributed by atoms with Crippen molar-refractivity contribution in [2.45, 2.75) is 40.0 Å². The molecule has 0 unspecified atom stereocenters. The van der Waals surface area contributed by atoms with Gasteiger partial charge in [-0.25, -0.2) is 9.59 Å². The lowest BCUT2D eigenvalue weighted by Gasteiger charge is -2.01. The first-order valence-electron chi connectivity index (χ1n) is 6.88. The molecule has 0 atom stereocenters. The highest BCUT2D eigenvalue weighted by molar-refractivity contribution is 5.94. The van der Waals surface area contributed by atoms with E-state index in [0.717, 1.165) is 17.9 Å². The van der Waals surface area contributed by atoms with Crippen LogP contribution in [0.15, 0.2) is 18.2 Å². The second-order valence-electron chi connectivity index (χ2n) is 5.71. The summed E-state index contributed by atoms with van der Waals surface area (Å²) in [6.07, 6.45) is 4.50. The van der Waals surface area contributed by atoms with Crippen molar-refractivity contribution in [2.75, 3.05) is 0 Å². The zero-order chi connectivity index (χ0) is 15.3. The molecule has 1 aromatic carbocycles. The van der Waals surface area contributed by atoms with E-state index in [9.17, 15) is 9.59 Å².